The Morgan fingerprint density at radius 1 is 1.18 bits per heavy atom. The predicted octanol–water partition coefficient (Wildman–Crippen LogP) is -0.393. The first-order valence-corrected chi connectivity index (χ1v) is 5.39. The number of rotatable bonds is 4. The summed E-state index contributed by atoms with van der Waals surface area (Å²) in [5.41, 5.74) is 0. The van der Waals surface area contributed by atoms with Crippen LogP contribution in [0.1, 0.15) is 5.82 Å². The molecule has 7 heteroatoms. The highest BCUT2D eigenvalue weighted by molar-refractivity contribution is 4.95. The Balaban J connectivity index is 2.30. The molecule has 0 bridgehead atoms. The zero-order valence-electron chi connectivity index (χ0n) is 10.00. The van der Waals surface area contributed by atoms with Gasteiger partial charge in [-0.1, -0.05) is 0 Å². The molecule has 94 valence electrons. The smallest absolute Gasteiger partial charge is 0.294 e. The van der Waals surface area contributed by atoms with Gasteiger partial charge in [0.05, 0.1) is 13.2 Å². The fourth-order valence-corrected chi connectivity index (χ4v) is 1.93. The molecule has 1 fully saturated rings. The third kappa shape index (κ3) is 2.27. The summed E-state index contributed by atoms with van der Waals surface area (Å²) < 4.78 is 16.3. The molecule has 0 spiro atoms. The second-order valence-corrected chi connectivity index (χ2v) is 3.55. The third-order valence-corrected chi connectivity index (χ3v) is 2.76. The van der Waals surface area contributed by atoms with Gasteiger partial charge in [-0.25, -0.2) is 19.9 Å². The molecule has 1 saturated heterocycles. The van der Waals surface area contributed by atoms with Gasteiger partial charge >= 0.3 is 0 Å². The Morgan fingerprint density at radius 3 is 2.29 bits per heavy atom. The summed E-state index contributed by atoms with van der Waals surface area (Å²) in [5, 5.41) is 0. The van der Waals surface area contributed by atoms with E-state index in [4.69, 9.17) is 14.2 Å². The van der Waals surface area contributed by atoms with E-state index in [1.165, 1.54) is 12.7 Å². The maximum Gasteiger partial charge on any atom is 0.294 e. The van der Waals surface area contributed by atoms with Crippen molar-refractivity contribution in [2.45, 2.75) is 5.91 Å². The molecule has 17 heavy (non-hydrogen) atoms. The lowest BCUT2D eigenvalue weighted by Gasteiger charge is -2.41. The molecule has 0 aliphatic carbocycles. The minimum atomic E-state index is -1.06. The Labute approximate surface area is 99.7 Å². The van der Waals surface area contributed by atoms with E-state index in [0.29, 0.717) is 32.1 Å². The quantitative estimate of drug-likeness (QED) is 0.663. The molecule has 0 unspecified atom stereocenters. The average Bonchev–Trinajstić information content (AvgIpc) is 2.43. The van der Waals surface area contributed by atoms with Crippen LogP contribution >= 0.6 is 0 Å². The van der Waals surface area contributed by atoms with E-state index in [0.717, 1.165) is 0 Å². The summed E-state index contributed by atoms with van der Waals surface area (Å²) in [4.78, 5) is 14.0. The molecule has 1 aromatic rings. The molecule has 2 rings (SSSR count). The first kappa shape index (κ1) is 12.3. The van der Waals surface area contributed by atoms with Gasteiger partial charge in [-0.2, -0.15) is 0 Å². The van der Waals surface area contributed by atoms with E-state index in [1.54, 1.807) is 14.2 Å². The van der Waals surface area contributed by atoms with Crippen molar-refractivity contribution in [1.29, 1.82) is 0 Å². The molecular formula is C10H16N4O3. The van der Waals surface area contributed by atoms with Crippen molar-refractivity contribution in [2.75, 3.05) is 40.5 Å². The summed E-state index contributed by atoms with van der Waals surface area (Å²) in [6.07, 6.45) is 2.85. The Kier molecular flexibility index (Phi) is 3.95. The van der Waals surface area contributed by atoms with Crippen LogP contribution in [0.5, 0.6) is 0 Å². The van der Waals surface area contributed by atoms with Gasteiger partial charge in [0.25, 0.3) is 5.91 Å². The lowest BCUT2D eigenvalue weighted by atomic mass is 10.3. The molecule has 0 aromatic carbocycles. The van der Waals surface area contributed by atoms with Gasteiger partial charge in [-0.05, 0) is 0 Å². The van der Waals surface area contributed by atoms with Gasteiger partial charge in [0.2, 0.25) is 5.82 Å². The number of morpholine rings is 1. The maximum atomic E-state index is 5.51. The molecule has 7 nitrogen and oxygen atoms in total. The number of hydrogen-bond acceptors (Lipinski definition) is 7. The predicted molar refractivity (Wildman–Crippen MR) is 57.9 cm³/mol. The highest BCUT2D eigenvalue weighted by Crippen LogP contribution is 2.27. The zero-order valence-corrected chi connectivity index (χ0v) is 10.00. The lowest BCUT2D eigenvalue weighted by molar-refractivity contribution is -0.320. The standard InChI is InChI=1S/C10H16N4O3/c1-15-10(16-2,9-12-7-11-8-13-9)14-3-5-17-6-4-14/h7-8H,3-6H2,1-2H3. The van der Waals surface area contributed by atoms with Crippen LogP contribution in [0.3, 0.4) is 0 Å². The van der Waals surface area contributed by atoms with Gasteiger partial charge in [0.15, 0.2) is 0 Å². The van der Waals surface area contributed by atoms with Gasteiger partial charge in [0.1, 0.15) is 12.7 Å². The minimum Gasteiger partial charge on any atom is -0.379 e. The molecule has 0 N–H and O–H groups in total. The van der Waals surface area contributed by atoms with Crippen molar-refractivity contribution in [3.63, 3.8) is 0 Å². The van der Waals surface area contributed by atoms with Crippen molar-refractivity contribution >= 4 is 0 Å². The number of methoxy groups -OCH3 is 2. The summed E-state index contributed by atoms with van der Waals surface area (Å²) in [6, 6.07) is 0. The number of ether oxygens (including phenoxy) is 3. The first-order valence-electron chi connectivity index (χ1n) is 5.39. The second-order valence-electron chi connectivity index (χ2n) is 3.55. The van der Waals surface area contributed by atoms with Crippen LogP contribution in [0.2, 0.25) is 0 Å². The zero-order chi connectivity index (χ0) is 12.1. The van der Waals surface area contributed by atoms with Gasteiger partial charge in [0, 0.05) is 27.3 Å². The van der Waals surface area contributed by atoms with Crippen LogP contribution in [-0.2, 0) is 20.1 Å². The SMILES string of the molecule is COC(OC)(c1ncncn1)N1CCOCC1. The van der Waals surface area contributed by atoms with Crippen molar-refractivity contribution in [2.24, 2.45) is 0 Å². The van der Waals surface area contributed by atoms with Crippen molar-refractivity contribution in [3.05, 3.63) is 18.5 Å². The Morgan fingerprint density at radius 2 is 1.76 bits per heavy atom. The van der Waals surface area contributed by atoms with Crippen molar-refractivity contribution in [3.8, 4) is 0 Å². The molecule has 0 saturated carbocycles. The van der Waals surface area contributed by atoms with E-state index in [-0.39, 0.29) is 0 Å². The molecule has 1 aliphatic heterocycles. The van der Waals surface area contributed by atoms with Gasteiger partial charge in [-0.3, -0.25) is 0 Å². The van der Waals surface area contributed by atoms with Crippen LogP contribution in [0.25, 0.3) is 0 Å². The molecule has 1 aliphatic rings. The van der Waals surface area contributed by atoms with Crippen molar-refractivity contribution < 1.29 is 14.2 Å². The van der Waals surface area contributed by atoms with Crippen LogP contribution in [0.15, 0.2) is 12.7 Å². The minimum absolute atomic E-state index is 0.444. The normalized spacial score (nSPS) is 18.2. The highest BCUT2D eigenvalue weighted by atomic mass is 16.7. The molecule has 2 heterocycles. The fourth-order valence-electron chi connectivity index (χ4n) is 1.93. The van der Waals surface area contributed by atoms with Crippen molar-refractivity contribution in [1.82, 2.24) is 19.9 Å². The van der Waals surface area contributed by atoms with E-state index in [9.17, 15) is 0 Å². The van der Waals surface area contributed by atoms with Crippen LogP contribution in [0, 0.1) is 0 Å². The first-order chi connectivity index (χ1) is 8.33. The van der Waals surface area contributed by atoms with Gasteiger partial charge in [-0.15, -0.1) is 0 Å². The van der Waals surface area contributed by atoms with Crippen LogP contribution < -0.4 is 0 Å². The molecule has 0 radical (unpaired) electrons. The highest BCUT2D eigenvalue weighted by Gasteiger charge is 2.43. The molecule has 0 amide bonds. The summed E-state index contributed by atoms with van der Waals surface area (Å²) in [5.74, 6) is -0.619. The average molecular weight is 240 g/mol. The maximum absolute atomic E-state index is 5.51. The molecule has 0 atom stereocenters. The van der Waals surface area contributed by atoms with E-state index in [1.807, 2.05) is 4.90 Å². The summed E-state index contributed by atoms with van der Waals surface area (Å²) in [7, 11) is 3.14. The Hall–Kier alpha value is -1.15. The van der Waals surface area contributed by atoms with Crippen LogP contribution in [0.4, 0.5) is 0 Å². The molecular weight excluding hydrogens is 224 g/mol. The van der Waals surface area contributed by atoms with E-state index in [2.05, 4.69) is 15.0 Å². The second kappa shape index (κ2) is 5.46. The fraction of sp³-hybridized carbons (Fsp3) is 0.700. The summed E-state index contributed by atoms with van der Waals surface area (Å²) in [6.45, 7) is 2.68. The van der Waals surface area contributed by atoms with Crippen LogP contribution in [-0.4, -0.2) is 60.4 Å². The number of nitrogens with zero attached hydrogens (tertiary/aromatic N) is 4. The number of aromatic nitrogens is 3. The topological polar surface area (TPSA) is 69.6 Å². The lowest BCUT2D eigenvalue weighted by Crippen LogP contribution is -2.54. The monoisotopic (exact) mass is 240 g/mol. The largest absolute Gasteiger partial charge is 0.379 e. The van der Waals surface area contributed by atoms with Gasteiger partial charge < -0.3 is 14.2 Å². The molecule has 1 aromatic heterocycles. The number of hydrogen-bond donors (Lipinski definition) is 0. The third-order valence-electron chi connectivity index (χ3n) is 2.76. The summed E-state index contributed by atoms with van der Waals surface area (Å²) >= 11 is 0. The van der Waals surface area contributed by atoms with E-state index >= 15 is 0 Å². The van der Waals surface area contributed by atoms with E-state index < -0.39 is 5.91 Å². The Bertz CT molecular complexity index is 339.